The maximum Gasteiger partial charge on any atom is 0.417 e. The molecule has 4 atom stereocenters. The second-order valence-corrected chi connectivity index (χ2v) is 9.10. The summed E-state index contributed by atoms with van der Waals surface area (Å²) in [6.45, 7) is 5.82. The number of alkyl halides is 3. The van der Waals surface area contributed by atoms with Gasteiger partial charge >= 0.3 is 6.18 Å². The van der Waals surface area contributed by atoms with E-state index in [0.717, 1.165) is 20.1 Å². The van der Waals surface area contributed by atoms with Crippen LogP contribution in [0.3, 0.4) is 0 Å². The lowest BCUT2D eigenvalue weighted by molar-refractivity contribution is -0.275. The number of hydrogen-bond donors (Lipinski definition) is 1. The number of methoxy groups -OCH3 is 1. The lowest BCUT2D eigenvalue weighted by Crippen LogP contribution is -2.46. The zero-order valence-electron chi connectivity index (χ0n) is 19.8. The molecule has 2 fully saturated rings. The molecule has 0 spiro atoms. The molecule has 2 aromatic rings. The van der Waals surface area contributed by atoms with Crippen LogP contribution in [-0.2, 0) is 9.47 Å². The highest BCUT2D eigenvalue weighted by Gasteiger charge is 2.65. The average Bonchev–Trinajstić information content (AvgIpc) is 3.07. The van der Waals surface area contributed by atoms with Gasteiger partial charge in [-0.15, -0.1) is 0 Å². The first kappa shape index (κ1) is 25.4. The van der Waals surface area contributed by atoms with Crippen LogP contribution in [0, 0.1) is 24.5 Å². The third-order valence-corrected chi connectivity index (χ3v) is 7.15. The average molecular weight is 502 g/mol. The summed E-state index contributed by atoms with van der Waals surface area (Å²) in [5.74, 6) is -5.31. The number of aromatic amines is 1. The van der Waals surface area contributed by atoms with Crippen molar-refractivity contribution in [2.45, 2.75) is 44.6 Å². The van der Waals surface area contributed by atoms with Gasteiger partial charge in [0.05, 0.1) is 20.3 Å². The molecule has 1 aromatic heterocycles. The van der Waals surface area contributed by atoms with Gasteiger partial charge in [-0.05, 0) is 19.9 Å². The molecule has 1 aromatic carbocycles. The maximum atomic E-state index is 14.5. The molecule has 2 saturated heterocycles. The fourth-order valence-electron chi connectivity index (χ4n) is 5.12. The Kier molecular flexibility index (Phi) is 6.60. The van der Waals surface area contributed by atoms with Crippen LogP contribution in [0.1, 0.15) is 42.8 Å². The molecule has 192 valence electrons. The highest BCUT2D eigenvalue weighted by atomic mass is 19.4. The quantitative estimate of drug-likeness (QED) is 0.619. The number of nitrogens with zero attached hydrogens (tertiary/aromatic N) is 1. The molecule has 0 saturated carbocycles. The summed E-state index contributed by atoms with van der Waals surface area (Å²) in [6, 6.07) is 3.26. The largest absolute Gasteiger partial charge is 0.493 e. The number of ether oxygens (including phenoxy) is 3. The summed E-state index contributed by atoms with van der Waals surface area (Å²) in [5.41, 5.74) is -2.00. The fourth-order valence-corrected chi connectivity index (χ4v) is 5.12. The minimum absolute atomic E-state index is 0.0210. The van der Waals surface area contributed by atoms with Crippen molar-refractivity contribution in [3.63, 3.8) is 0 Å². The summed E-state index contributed by atoms with van der Waals surface area (Å²) < 4.78 is 87.0. The molecule has 2 aliphatic rings. The van der Waals surface area contributed by atoms with Crippen molar-refractivity contribution < 1.29 is 36.2 Å². The lowest BCUT2D eigenvalue weighted by Gasteiger charge is -2.32. The molecule has 4 rings (SSSR count). The highest BCUT2D eigenvalue weighted by Crippen LogP contribution is 2.59. The number of H-pyrrole nitrogens is 1. The van der Waals surface area contributed by atoms with E-state index >= 15 is 0 Å². The highest BCUT2D eigenvalue weighted by molar-refractivity contribution is 5.52. The van der Waals surface area contributed by atoms with Crippen LogP contribution in [0.2, 0.25) is 0 Å². The third-order valence-electron chi connectivity index (χ3n) is 7.15. The van der Waals surface area contributed by atoms with Crippen LogP contribution < -0.4 is 15.1 Å². The first-order valence-corrected chi connectivity index (χ1v) is 11.2. The van der Waals surface area contributed by atoms with Gasteiger partial charge in [-0.1, -0.05) is 13.0 Å². The van der Waals surface area contributed by atoms with Gasteiger partial charge < -0.3 is 24.1 Å². The van der Waals surface area contributed by atoms with Gasteiger partial charge in [-0.3, -0.25) is 4.79 Å². The Morgan fingerprint density at radius 2 is 1.86 bits per heavy atom. The van der Waals surface area contributed by atoms with Crippen molar-refractivity contribution in [3.8, 4) is 5.75 Å². The minimum atomic E-state index is -4.77. The number of aryl methyl sites for hydroxylation is 1. The van der Waals surface area contributed by atoms with E-state index in [9.17, 15) is 26.7 Å². The van der Waals surface area contributed by atoms with Crippen molar-refractivity contribution in [3.05, 3.63) is 57.0 Å². The van der Waals surface area contributed by atoms with E-state index in [-0.39, 0.29) is 16.7 Å². The van der Waals surface area contributed by atoms with E-state index in [2.05, 4.69) is 4.98 Å². The van der Waals surface area contributed by atoms with Crippen LogP contribution in [0.4, 0.5) is 27.6 Å². The second kappa shape index (κ2) is 9.09. The van der Waals surface area contributed by atoms with Crippen molar-refractivity contribution in [2.24, 2.45) is 5.92 Å². The van der Waals surface area contributed by atoms with Gasteiger partial charge in [0.1, 0.15) is 11.8 Å². The van der Waals surface area contributed by atoms with Crippen LogP contribution >= 0.6 is 0 Å². The molecule has 35 heavy (non-hydrogen) atoms. The van der Waals surface area contributed by atoms with Crippen LogP contribution in [0.5, 0.6) is 5.75 Å². The number of nitrogens with one attached hydrogen (secondary N) is 1. The number of benzene rings is 1. The SMILES string of the molecule is COc1c([C@H]2[C@H](c3cc(=O)c(N4CCOCC4)c(C)[nH]3)O[C@@](C)(C(F)(F)F)[C@H]2C)ccc(F)c1F. The molecule has 3 heterocycles. The van der Waals surface area contributed by atoms with E-state index in [0.29, 0.717) is 37.7 Å². The van der Waals surface area contributed by atoms with Gasteiger partial charge in [-0.25, -0.2) is 4.39 Å². The molecule has 0 bridgehead atoms. The number of halogens is 5. The Morgan fingerprint density at radius 3 is 2.43 bits per heavy atom. The molecular formula is C24H27F5N2O4. The van der Waals surface area contributed by atoms with E-state index in [4.69, 9.17) is 14.2 Å². The van der Waals surface area contributed by atoms with Gasteiger partial charge in [-0.2, -0.15) is 17.6 Å². The number of aromatic nitrogens is 1. The van der Waals surface area contributed by atoms with E-state index < -0.39 is 47.1 Å². The van der Waals surface area contributed by atoms with Crippen molar-refractivity contribution in [1.82, 2.24) is 4.98 Å². The van der Waals surface area contributed by atoms with Crippen LogP contribution in [0.25, 0.3) is 0 Å². The Morgan fingerprint density at radius 1 is 1.20 bits per heavy atom. The number of anilines is 1. The zero-order chi connectivity index (χ0) is 25.7. The monoisotopic (exact) mass is 502 g/mol. The predicted octanol–water partition coefficient (Wildman–Crippen LogP) is 4.62. The van der Waals surface area contributed by atoms with Crippen LogP contribution in [0.15, 0.2) is 23.0 Å². The summed E-state index contributed by atoms with van der Waals surface area (Å²) in [7, 11) is 1.11. The Bertz CT molecular complexity index is 1160. The van der Waals surface area contributed by atoms with Crippen molar-refractivity contribution in [2.75, 3.05) is 38.3 Å². The molecular weight excluding hydrogens is 475 g/mol. The summed E-state index contributed by atoms with van der Waals surface area (Å²) in [4.78, 5) is 18.0. The van der Waals surface area contributed by atoms with E-state index in [1.165, 1.54) is 19.1 Å². The minimum Gasteiger partial charge on any atom is -0.493 e. The lowest BCUT2D eigenvalue weighted by atomic mass is 9.76. The summed E-state index contributed by atoms with van der Waals surface area (Å²) in [5, 5.41) is 0. The normalized spacial score (nSPS) is 27.3. The molecule has 2 aliphatic heterocycles. The fraction of sp³-hybridized carbons (Fsp3) is 0.542. The van der Waals surface area contributed by atoms with Crippen molar-refractivity contribution >= 4 is 5.69 Å². The Hall–Kier alpha value is -2.66. The van der Waals surface area contributed by atoms with Gasteiger partial charge in [0.25, 0.3) is 0 Å². The number of morpholine rings is 1. The smallest absolute Gasteiger partial charge is 0.417 e. The molecule has 0 aliphatic carbocycles. The van der Waals surface area contributed by atoms with E-state index in [1.54, 1.807) is 6.92 Å². The first-order chi connectivity index (χ1) is 16.4. The maximum absolute atomic E-state index is 14.5. The zero-order valence-corrected chi connectivity index (χ0v) is 19.8. The first-order valence-electron chi connectivity index (χ1n) is 11.2. The van der Waals surface area contributed by atoms with Gasteiger partial charge in [0.15, 0.2) is 17.2 Å². The number of rotatable bonds is 4. The number of pyridine rings is 1. The van der Waals surface area contributed by atoms with E-state index in [1.807, 2.05) is 4.90 Å². The van der Waals surface area contributed by atoms with Crippen molar-refractivity contribution in [1.29, 1.82) is 0 Å². The standard InChI is InChI=1S/C24H27F5N2O4/c1-12-18(14-5-6-15(25)19(26)21(14)33-4)22(35-23(12,3)24(27,28)29)16-11-17(32)20(13(2)30-16)31-7-9-34-10-8-31/h5-6,11-12,18,22H,7-10H2,1-4H3,(H,30,32)/t12-,18-,22-,23+/m0/s1. The third kappa shape index (κ3) is 4.18. The molecule has 0 amide bonds. The number of hydrogen-bond acceptors (Lipinski definition) is 5. The Labute approximate surface area is 199 Å². The predicted molar refractivity (Wildman–Crippen MR) is 118 cm³/mol. The molecule has 0 unspecified atom stereocenters. The van der Waals surface area contributed by atoms with Gasteiger partial charge in [0, 0.05) is 47.9 Å². The summed E-state index contributed by atoms with van der Waals surface area (Å²) in [6.07, 6.45) is -6.07. The summed E-state index contributed by atoms with van der Waals surface area (Å²) >= 11 is 0. The molecule has 1 N–H and O–H groups in total. The Balaban J connectivity index is 1.86. The van der Waals surface area contributed by atoms with Gasteiger partial charge in [0.2, 0.25) is 11.2 Å². The molecule has 11 heteroatoms. The second-order valence-electron chi connectivity index (χ2n) is 9.10. The molecule has 6 nitrogen and oxygen atoms in total. The topological polar surface area (TPSA) is 63.8 Å². The van der Waals surface area contributed by atoms with Crippen LogP contribution in [-0.4, -0.2) is 50.2 Å². The molecule has 0 radical (unpaired) electrons.